The Bertz CT molecular complexity index is 245. The minimum atomic E-state index is -4.25. The molecule has 0 aliphatic carbocycles. The van der Waals surface area contributed by atoms with Gasteiger partial charge in [-0.05, 0) is 17.3 Å². The number of hydrogen-bond acceptors (Lipinski definition) is 2. The average Bonchev–Trinajstić information content (AvgIpc) is 2.38. The second-order valence-corrected chi connectivity index (χ2v) is 7.57. The first-order valence-corrected chi connectivity index (χ1v) is 10.9. The highest BCUT2D eigenvalue weighted by Crippen LogP contribution is 2.35. The topological polar surface area (TPSA) is 66.8 Å². The lowest BCUT2D eigenvalue weighted by atomic mass is 10.1. The van der Waals surface area contributed by atoms with E-state index in [1.807, 2.05) is 0 Å². The molecule has 0 aromatic heterocycles. The van der Waals surface area contributed by atoms with Gasteiger partial charge in [0.2, 0.25) is 0 Å². The van der Waals surface area contributed by atoms with Crippen LogP contribution in [0.2, 0.25) is 0 Å². The first-order valence-electron chi connectivity index (χ1n) is 7.82. The van der Waals surface area contributed by atoms with Crippen LogP contribution in [-0.2, 0) is 9.09 Å². The van der Waals surface area contributed by atoms with Crippen molar-refractivity contribution in [2.45, 2.75) is 77.0 Å². The number of phosphoric acid groups is 1. The first kappa shape index (κ1) is 20.8. The van der Waals surface area contributed by atoms with E-state index in [0.29, 0.717) is 0 Å². The van der Waals surface area contributed by atoms with Crippen molar-refractivity contribution in [3.05, 3.63) is 0 Å². The van der Waals surface area contributed by atoms with Crippen molar-refractivity contribution in [2.24, 2.45) is 0 Å². The van der Waals surface area contributed by atoms with Crippen molar-refractivity contribution in [1.82, 2.24) is 0 Å². The molecule has 0 aromatic rings. The van der Waals surface area contributed by atoms with Gasteiger partial charge in [0.05, 0.1) is 6.61 Å². The van der Waals surface area contributed by atoms with Gasteiger partial charge in [0, 0.05) is 0 Å². The molecule has 0 atom stereocenters. The molecule has 0 radical (unpaired) electrons. The molecule has 0 fully saturated rings. The summed E-state index contributed by atoms with van der Waals surface area (Å²) in [5.74, 6) is 0. The zero-order chi connectivity index (χ0) is 15.1. The average molecular weight is 420 g/mol. The normalized spacial score (nSPS) is 11.9. The fourth-order valence-corrected chi connectivity index (χ4v) is 3.05. The third-order valence-electron chi connectivity index (χ3n) is 3.29. The molecule has 0 spiro atoms. The van der Waals surface area contributed by atoms with Crippen molar-refractivity contribution in [2.75, 3.05) is 11.0 Å². The maximum atomic E-state index is 10.4. The lowest BCUT2D eigenvalue weighted by molar-refractivity contribution is 0.193. The van der Waals surface area contributed by atoms with Gasteiger partial charge in [0.15, 0.2) is 0 Å². The van der Waals surface area contributed by atoms with E-state index in [-0.39, 0.29) is 6.61 Å². The van der Waals surface area contributed by atoms with E-state index in [0.717, 1.165) is 19.3 Å². The van der Waals surface area contributed by atoms with Crippen LogP contribution in [0.15, 0.2) is 0 Å². The predicted molar refractivity (Wildman–Crippen MR) is 92.3 cm³/mol. The number of rotatable bonds is 15. The van der Waals surface area contributed by atoms with Gasteiger partial charge in [0.1, 0.15) is 0 Å². The summed E-state index contributed by atoms with van der Waals surface area (Å²) in [4.78, 5) is 17.0. The fourth-order valence-electron chi connectivity index (χ4n) is 2.15. The van der Waals surface area contributed by atoms with Crippen LogP contribution in [-0.4, -0.2) is 20.8 Å². The standard InChI is InChI=1S/C14H30IO4P/c15-13-11-9-7-5-3-1-2-4-6-8-10-12-14-19-20(16,17)18/h1-14H2,(H2,16,17,18). The van der Waals surface area contributed by atoms with Gasteiger partial charge in [0.25, 0.3) is 0 Å². The largest absolute Gasteiger partial charge is 0.469 e. The van der Waals surface area contributed by atoms with E-state index >= 15 is 0 Å². The predicted octanol–water partition coefficient (Wildman–Crippen LogP) is 5.21. The summed E-state index contributed by atoms with van der Waals surface area (Å²) in [7, 11) is -4.25. The highest BCUT2D eigenvalue weighted by atomic mass is 127. The Morgan fingerprint density at radius 1 is 0.700 bits per heavy atom. The van der Waals surface area contributed by atoms with Crippen LogP contribution in [0.5, 0.6) is 0 Å². The molecule has 0 unspecified atom stereocenters. The molecule has 0 aliphatic heterocycles. The Morgan fingerprint density at radius 3 is 1.40 bits per heavy atom. The molecule has 0 saturated carbocycles. The quantitative estimate of drug-likeness (QED) is 0.165. The molecule has 0 aliphatic rings. The Hall–Kier alpha value is 0.840. The monoisotopic (exact) mass is 420 g/mol. The summed E-state index contributed by atoms with van der Waals surface area (Å²) in [5, 5.41) is 0. The van der Waals surface area contributed by atoms with Crippen LogP contribution in [0, 0.1) is 0 Å². The van der Waals surface area contributed by atoms with Crippen molar-refractivity contribution in [3.8, 4) is 0 Å². The SMILES string of the molecule is O=P(O)(O)OCCCCCCCCCCCCCCI. The van der Waals surface area contributed by atoms with Gasteiger partial charge in [-0.1, -0.05) is 86.8 Å². The molecular formula is C14H30IO4P. The molecule has 2 N–H and O–H groups in total. The maximum Gasteiger partial charge on any atom is 0.469 e. The van der Waals surface area contributed by atoms with Gasteiger partial charge in [-0.3, -0.25) is 4.52 Å². The van der Waals surface area contributed by atoms with E-state index in [9.17, 15) is 4.57 Å². The molecule has 6 heteroatoms. The van der Waals surface area contributed by atoms with Crippen LogP contribution in [0.25, 0.3) is 0 Å². The third-order valence-corrected chi connectivity index (χ3v) is 4.57. The Kier molecular flexibility index (Phi) is 15.4. The van der Waals surface area contributed by atoms with E-state index in [2.05, 4.69) is 27.1 Å². The summed E-state index contributed by atoms with van der Waals surface area (Å²) >= 11 is 2.44. The second-order valence-electron chi connectivity index (χ2n) is 5.26. The van der Waals surface area contributed by atoms with Crippen LogP contribution in [0.3, 0.4) is 0 Å². The van der Waals surface area contributed by atoms with Crippen molar-refractivity contribution >= 4 is 30.4 Å². The smallest absolute Gasteiger partial charge is 0.303 e. The van der Waals surface area contributed by atoms with Crippen LogP contribution in [0.1, 0.15) is 77.0 Å². The molecular weight excluding hydrogens is 390 g/mol. The molecule has 0 heterocycles. The van der Waals surface area contributed by atoms with Crippen molar-refractivity contribution < 1.29 is 18.9 Å². The lowest BCUT2D eigenvalue weighted by Crippen LogP contribution is -1.92. The molecule has 20 heavy (non-hydrogen) atoms. The third kappa shape index (κ3) is 18.8. The molecule has 0 bridgehead atoms. The summed E-state index contributed by atoms with van der Waals surface area (Å²) in [6, 6.07) is 0. The molecule has 4 nitrogen and oxygen atoms in total. The Balaban J connectivity index is 3.01. The number of unbranched alkanes of at least 4 members (excludes halogenated alkanes) is 11. The second kappa shape index (κ2) is 14.8. The summed E-state index contributed by atoms with van der Waals surface area (Å²) < 4.78 is 16.1. The highest BCUT2D eigenvalue weighted by Gasteiger charge is 2.12. The van der Waals surface area contributed by atoms with Gasteiger partial charge < -0.3 is 9.79 Å². The van der Waals surface area contributed by atoms with E-state index in [4.69, 9.17) is 9.79 Å². The number of hydrogen-bond donors (Lipinski definition) is 2. The van der Waals surface area contributed by atoms with E-state index < -0.39 is 7.82 Å². The van der Waals surface area contributed by atoms with Gasteiger partial charge in [-0.25, -0.2) is 4.57 Å². The number of halogens is 1. The zero-order valence-corrected chi connectivity index (χ0v) is 15.5. The Morgan fingerprint density at radius 2 is 1.05 bits per heavy atom. The minimum absolute atomic E-state index is 0.168. The lowest BCUT2D eigenvalue weighted by Gasteiger charge is -2.05. The van der Waals surface area contributed by atoms with Gasteiger partial charge >= 0.3 is 7.82 Å². The van der Waals surface area contributed by atoms with Crippen LogP contribution >= 0.6 is 30.4 Å². The fraction of sp³-hybridized carbons (Fsp3) is 1.00. The molecule has 0 rings (SSSR count). The number of alkyl halides is 1. The number of phosphoric ester groups is 1. The zero-order valence-electron chi connectivity index (χ0n) is 12.4. The van der Waals surface area contributed by atoms with Crippen LogP contribution < -0.4 is 0 Å². The minimum Gasteiger partial charge on any atom is -0.303 e. The maximum absolute atomic E-state index is 10.4. The van der Waals surface area contributed by atoms with Crippen molar-refractivity contribution in [1.29, 1.82) is 0 Å². The van der Waals surface area contributed by atoms with Crippen LogP contribution in [0.4, 0.5) is 0 Å². The van der Waals surface area contributed by atoms with Gasteiger partial charge in [-0.15, -0.1) is 0 Å². The van der Waals surface area contributed by atoms with E-state index in [1.54, 1.807) is 0 Å². The molecule has 0 aromatic carbocycles. The van der Waals surface area contributed by atoms with E-state index in [1.165, 1.54) is 62.2 Å². The molecule has 0 saturated heterocycles. The summed E-state index contributed by atoms with van der Waals surface area (Å²) in [5.41, 5.74) is 0. The highest BCUT2D eigenvalue weighted by molar-refractivity contribution is 14.1. The first-order chi connectivity index (χ1) is 9.56. The molecule has 122 valence electrons. The van der Waals surface area contributed by atoms with Crippen molar-refractivity contribution in [3.63, 3.8) is 0 Å². The summed E-state index contributed by atoms with van der Waals surface area (Å²) in [6.07, 6.45) is 15.0. The Labute approximate surface area is 137 Å². The summed E-state index contributed by atoms with van der Waals surface area (Å²) in [6.45, 7) is 0.168. The molecule has 0 amide bonds. The van der Waals surface area contributed by atoms with Gasteiger partial charge in [-0.2, -0.15) is 0 Å².